The molecule has 0 spiro atoms. The lowest BCUT2D eigenvalue weighted by Crippen LogP contribution is -2.41. The van der Waals surface area contributed by atoms with Crippen LogP contribution < -0.4 is 0 Å². The number of carbonyl (C=O) groups is 1. The van der Waals surface area contributed by atoms with E-state index in [0.717, 1.165) is 16.4 Å². The lowest BCUT2D eigenvalue weighted by Gasteiger charge is -2.29. The van der Waals surface area contributed by atoms with Crippen LogP contribution in [0.3, 0.4) is 0 Å². The molecule has 0 unspecified atom stereocenters. The molecule has 1 aliphatic heterocycles. The summed E-state index contributed by atoms with van der Waals surface area (Å²) in [5.74, 6) is -0.621. The van der Waals surface area contributed by atoms with Crippen molar-refractivity contribution in [3.63, 3.8) is 0 Å². The first kappa shape index (κ1) is 21.1. The van der Waals surface area contributed by atoms with E-state index >= 15 is 0 Å². The Bertz CT molecular complexity index is 1150. The zero-order valence-corrected chi connectivity index (χ0v) is 17.0. The standard InChI is InChI=1S/C23H18F3NO3S/c24-23(25,26)19-11-13-20(14-12-19)31(29,30)27-16-15-22(21(27)28,17-7-3-1-4-8-17)18-9-5-2-6-10-18/h1-14H,15-16H2. The van der Waals surface area contributed by atoms with Gasteiger partial charge in [0.05, 0.1) is 10.5 Å². The summed E-state index contributed by atoms with van der Waals surface area (Å²) < 4.78 is 65.7. The van der Waals surface area contributed by atoms with Gasteiger partial charge in [0, 0.05) is 6.54 Å². The molecular weight excluding hydrogens is 427 g/mol. The van der Waals surface area contributed by atoms with Crippen molar-refractivity contribution in [1.29, 1.82) is 0 Å². The van der Waals surface area contributed by atoms with Gasteiger partial charge >= 0.3 is 6.18 Å². The van der Waals surface area contributed by atoms with Gasteiger partial charge in [0.15, 0.2) is 0 Å². The maximum atomic E-state index is 13.6. The van der Waals surface area contributed by atoms with E-state index in [1.807, 2.05) is 0 Å². The highest BCUT2D eigenvalue weighted by Crippen LogP contribution is 2.43. The minimum atomic E-state index is -4.58. The van der Waals surface area contributed by atoms with Gasteiger partial charge in [0.1, 0.15) is 5.41 Å². The molecule has 31 heavy (non-hydrogen) atoms. The minimum absolute atomic E-state index is 0.0774. The molecule has 1 heterocycles. The summed E-state index contributed by atoms with van der Waals surface area (Å²) in [5.41, 5.74) is -0.823. The van der Waals surface area contributed by atoms with Gasteiger partial charge in [-0.2, -0.15) is 13.2 Å². The molecule has 0 radical (unpaired) electrons. The Balaban J connectivity index is 1.77. The predicted molar refractivity (Wildman–Crippen MR) is 109 cm³/mol. The zero-order valence-electron chi connectivity index (χ0n) is 16.2. The van der Waals surface area contributed by atoms with Crippen LogP contribution in [0.1, 0.15) is 23.1 Å². The van der Waals surface area contributed by atoms with Gasteiger partial charge in [-0.15, -0.1) is 0 Å². The number of hydrogen-bond acceptors (Lipinski definition) is 3. The normalized spacial score (nSPS) is 16.5. The quantitative estimate of drug-likeness (QED) is 0.589. The molecule has 0 aliphatic carbocycles. The molecule has 4 nitrogen and oxygen atoms in total. The molecule has 8 heteroatoms. The van der Waals surface area contributed by atoms with Crippen LogP contribution in [-0.4, -0.2) is 25.2 Å². The van der Waals surface area contributed by atoms with Crippen molar-refractivity contribution < 1.29 is 26.4 Å². The molecule has 4 rings (SSSR count). The van der Waals surface area contributed by atoms with E-state index in [9.17, 15) is 26.4 Å². The molecule has 1 saturated heterocycles. The topological polar surface area (TPSA) is 54.5 Å². The molecule has 160 valence electrons. The molecule has 0 N–H and O–H groups in total. The van der Waals surface area contributed by atoms with Gasteiger partial charge < -0.3 is 0 Å². The number of carbonyl (C=O) groups excluding carboxylic acids is 1. The van der Waals surface area contributed by atoms with Crippen molar-refractivity contribution >= 4 is 15.9 Å². The third kappa shape index (κ3) is 3.50. The lowest BCUT2D eigenvalue weighted by atomic mass is 9.73. The third-order valence-electron chi connectivity index (χ3n) is 5.58. The Kier molecular flexibility index (Phi) is 5.13. The number of nitrogens with zero attached hydrogens (tertiary/aromatic N) is 1. The second-order valence-corrected chi connectivity index (χ2v) is 9.15. The van der Waals surface area contributed by atoms with E-state index < -0.39 is 33.1 Å². The van der Waals surface area contributed by atoms with Gasteiger partial charge in [-0.25, -0.2) is 12.7 Å². The van der Waals surface area contributed by atoms with Crippen LogP contribution in [0, 0.1) is 0 Å². The summed E-state index contributed by atoms with van der Waals surface area (Å²) in [4.78, 5) is 13.3. The van der Waals surface area contributed by atoms with E-state index in [-0.39, 0.29) is 17.9 Å². The summed E-state index contributed by atoms with van der Waals surface area (Å²) in [6.45, 7) is -0.0774. The van der Waals surface area contributed by atoms with Crippen LogP contribution in [-0.2, 0) is 26.4 Å². The number of rotatable bonds is 4. The van der Waals surface area contributed by atoms with Crippen molar-refractivity contribution in [3.05, 3.63) is 102 Å². The first-order valence-corrected chi connectivity index (χ1v) is 11.0. The first-order chi connectivity index (χ1) is 14.7. The highest BCUT2D eigenvalue weighted by atomic mass is 32.2. The summed E-state index contributed by atoms with van der Waals surface area (Å²) >= 11 is 0. The van der Waals surface area contributed by atoms with Gasteiger partial charge in [-0.3, -0.25) is 4.79 Å². The summed E-state index contributed by atoms with van der Waals surface area (Å²) in [5, 5.41) is 0. The summed E-state index contributed by atoms with van der Waals surface area (Å²) in [7, 11) is -4.32. The van der Waals surface area contributed by atoms with Crippen molar-refractivity contribution in [1.82, 2.24) is 4.31 Å². The van der Waals surface area contributed by atoms with Crippen LogP contribution in [0.5, 0.6) is 0 Å². The van der Waals surface area contributed by atoms with Gasteiger partial charge in [-0.1, -0.05) is 60.7 Å². The van der Waals surface area contributed by atoms with Crippen molar-refractivity contribution in [2.45, 2.75) is 22.9 Å². The van der Waals surface area contributed by atoms with E-state index in [1.165, 1.54) is 0 Å². The van der Waals surface area contributed by atoms with Gasteiger partial charge in [0.25, 0.3) is 15.9 Å². The molecule has 3 aromatic carbocycles. The number of sulfonamides is 1. The molecular formula is C23H18F3NO3S. The maximum absolute atomic E-state index is 13.6. The Labute approximate surface area is 178 Å². The molecule has 0 bridgehead atoms. The van der Waals surface area contributed by atoms with Crippen LogP contribution in [0.25, 0.3) is 0 Å². The van der Waals surface area contributed by atoms with Crippen molar-refractivity contribution in [2.24, 2.45) is 0 Å². The summed E-state index contributed by atoms with van der Waals surface area (Å²) in [6.07, 6.45) is -4.36. The van der Waals surface area contributed by atoms with Crippen molar-refractivity contribution in [2.75, 3.05) is 6.54 Å². The van der Waals surface area contributed by atoms with E-state index in [1.54, 1.807) is 60.7 Å². The van der Waals surface area contributed by atoms with Crippen LogP contribution in [0.4, 0.5) is 13.2 Å². The average molecular weight is 445 g/mol. The summed E-state index contributed by atoms with van der Waals surface area (Å²) in [6, 6.07) is 21.0. The van der Waals surface area contributed by atoms with Crippen LogP contribution in [0.15, 0.2) is 89.8 Å². The fourth-order valence-electron chi connectivity index (χ4n) is 4.01. The third-order valence-corrected chi connectivity index (χ3v) is 7.38. The molecule has 1 aliphatic rings. The van der Waals surface area contributed by atoms with E-state index in [0.29, 0.717) is 23.3 Å². The number of alkyl halides is 3. The average Bonchev–Trinajstić information content (AvgIpc) is 3.13. The number of hydrogen-bond donors (Lipinski definition) is 0. The Hall–Kier alpha value is -3.13. The number of amides is 1. The largest absolute Gasteiger partial charge is 0.416 e. The maximum Gasteiger partial charge on any atom is 0.416 e. The molecule has 0 saturated carbocycles. The first-order valence-electron chi connectivity index (χ1n) is 9.53. The fourth-order valence-corrected chi connectivity index (χ4v) is 5.45. The lowest BCUT2D eigenvalue weighted by molar-refractivity contribution is -0.137. The predicted octanol–water partition coefficient (Wildman–Crippen LogP) is 4.61. The monoisotopic (exact) mass is 445 g/mol. The Morgan fingerprint density at radius 3 is 1.71 bits per heavy atom. The number of benzene rings is 3. The fraction of sp³-hybridized carbons (Fsp3) is 0.174. The molecule has 1 fully saturated rings. The van der Waals surface area contributed by atoms with Gasteiger partial charge in [0.2, 0.25) is 0 Å². The SMILES string of the molecule is O=C1N(S(=O)(=O)c2ccc(C(F)(F)F)cc2)CCC1(c1ccccc1)c1ccccc1. The number of halogens is 3. The Morgan fingerprint density at radius 1 is 0.774 bits per heavy atom. The molecule has 0 atom stereocenters. The molecule has 3 aromatic rings. The molecule has 1 amide bonds. The van der Waals surface area contributed by atoms with Crippen LogP contribution >= 0.6 is 0 Å². The van der Waals surface area contributed by atoms with Crippen molar-refractivity contribution in [3.8, 4) is 0 Å². The second-order valence-electron chi connectivity index (χ2n) is 7.29. The second kappa shape index (κ2) is 7.53. The Morgan fingerprint density at radius 2 is 1.26 bits per heavy atom. The molecule has 0 aromatic heterocycles. The van der Waals surface area contributed by atoms with E-state index in [4.69, 9.17) is 0 Å². The highest BCUT2D eigenvalue weighted by molar-refractivity contribution is 7.89. The van der Waals surface area contributed by atoms with Gasteiger partial charge in [-0.05, 0) is 41.8 Å². The minimum Gasteiger partial charge on any atom is -0.272 e. The zero-order chi connectivity index (χ0) is 22.3. The van der Waals surface area contributed by atoms with E-state index in [2.05, 4.69) is 0 Å². The smallest absolute Gasteiger partial charge is 0.272 e. The highest BCUT2D eigenvalue weighted by Gasteiger charge is 2.53. The van der Waals surface area contributed by atoms with Crippen LogP contribution in [0.2, 0.25) is 0 Å².